The summed E-state index contributed by atoms with van der Waals surface area (Å²) in [6, 6.07) is 27.5. The summed E-state index contributed by atoms with van der Waals surface area (Å²) in [6.45, 7) is 2.28. The maximum Gasteiger partial charge on any atom is 0.336 e. The highest BCUT2D eigenvalue weighted by molar-refractivity contribution is 6.01. The first-order valence-corrected chi connectivity index (χ1v) is 12.2. The molecule has 0 heterocycles. The topological polar surface area (TPSA) is 74.6 Å². The standard InChI is InChI=1S/C22H30.C8H6O4/c1-2-3-4-5-6-7-14-19-22(20-15-10-8-11-16-20)21-17-12-9-13-18-21;9-7(10)5-3-1-2-4-6(5)8(11)12/h8-13,15-18,22H,2-7,14,19H2,1H3;1-4H,(H,9,10)(H,11,12). The molecule has 3 aromatic rings. The van der Waals surface area contributed by atoms with Gasteiger partial charge in [0, 0.05) is 5.92 Å². The van der Waals surface area contributed by atoms with Gasteiger partial charge in [0.05, 0.1) is 11.1 Å². The van der Waals surface area contributed by atoms with Crippen LogP contribution in [-0.4, -0.2) is 22.2 Å². The number of rotatable bonds is 12. The predicted octanol–water partition coefficient (Wildman–Crippen LogP) is 8.04. The third-order valence-corrected chi connectivity index (χ3v) is 5.89. The van der Waals surface area contributed by atoms with Crippen molar-refractivity contribution in [1.82, 2.24) is 0 Å². The average Bonchev–Trinajstić information content (AvgIpc) is 2.87. The summed E-state index contributed by atoms with van der Waals surface area (Å²) < 4.78 is 0. The summed E-state index contributed by atoms with van der Waals surface area (Å²) in [7, 11) is 0. The van der Waals surface area contributed by atoms with E-state index in [4.69, 9.17) is 10.2 Å². The second-order valence-electron chi connectivity index (χ2n) is 8.44. The Labute approximate surface area is 203 Å². The van der Waals surface area contributed by atoms with Gasteiger partial charge < -0.3 is 10.2 Å². The molecule has 0 saturated heterocycles. The van der Waals surface area contributed by atoms with E-state index in [1.807, 2.05) is 0 Å². The summed E-state index contributed by atoms with van der Waals surface area (Å²) in [6.07, 6.45) is 10.9. The molecule has 34 heavy (non-hydrogen) atoms. The number of unbranched alkanes of at least 4 members (excludes halogenated alkanes) is 6. The molecule has 0 atom stereocenters. The molecule has 0 amide bonds. The molecule has 0 radical (unpaired) electrons. The largest absolute Gasteiger partial charge is 0.478 e. The highest BCUT2D eigenvalue weighted by atomic mass is 16.4. The number of aromatic carboxylic acids is 2. The molecular weight excluding hydrogens is 424 g/mol. The summed E-state index contributed by atoms with van der Waals surface area (Å²) in [5, 5.41) is 17.1. The monoisotopic (exact) mass is 460 g/mol. The van der Waals surface area contributed by atoms with Crippen molar-refractivity contribution in [3.05, 3.63) is 107 Å². The molecule has 180 valence electrons. The van der Waals surface area contributed by atoms with E-state index in [1.54, 1.807) is 0 Å². The third-order valence-electron chi connectivity index (χ3n) is 5.89. The lowest BCUT2D eigenvalue weighted by atomic mass is 9.87. The molecule has 0 aliphatic heterocycles. The Kier molecular flexibility index (Phi) is 12.2. The van der Waals surface area contributed by atoms with Gasteiger partial charge in [-0.15, -0.1) is 0 Å². The van der Waals surface area contributed by atoms with Crippen molar-refractivity contribution >= 4 is 11.9 Å². The summed E-state index contributed by atoms with van der Waals surface area (Å²) >= 11 is 0. The van der Waals surface area contributed by atoms with E-state index in [0.717, 1.165) is 0 Å². The van der Waals surface area contributed by atoms with E-state index in [0.29, 0.717) is 5.92 Å². The molecule has 2 N–H and O–H groups in total. The van der Waals surface area contributed by atoms with Crippen molar-refractivity contribution in [1.29, 1.82) is 0 Å². The van der Waals surface area contributed by atoms with Crippen molar-refractivity contribution in [3.63, 3.8) is 0 Å². The van der Waals surface area contributed by atoms with Crippen LogP contribution in [0.15, 0.2) is 84.9 Å². The zero-order valence-corrected chi connectivity index (χ0v) is 20.0. The van der Waals surface area contributed by atoms with E-state index in [2.05, 4.69) is 67.6 Å². The van der Waals surface area contributed by atoms with Gasteiger partial charge in [-0.25, -0.2) is 9.59 Å². The minimum atomic E-state index is -1.23. The Morgan fingerprint density at radius 3 is 1.38 bits per heavy atom. The fourth-order valence-corrected chi connectivity index (χ4v) is 4.06. The lowest BCUT2D eigenvalue weighted by molar-refractivity contribution is 0.0651. The lowest BCUT2D eigenvalue weighted by Crippen LogP contribution is -2.06. The SMILES string of the molecule is CCCCCCCCCC(c1ccccc1)c1ccccc1.O=C(O)c1ccccc1C(=O)O. The van der Waals surface area contributed by atoms with Crippen molar-refractivity contribution in [2.24, 2.45) is 0 Å². The first-order chi connectivity index (χ1) is 16.5. The molecule has 4 heteroatoms. The molecule has 4 nitrogen and oxygen atoms in total. The fraction of sp³-hybridized carbons (Fsp3) is 0.333. The van der Waals surface area contributed by atoms with Crippen LogP contribution in [-0.2, 0) is 0 Å². The molecular formula is C30H36O4. The van der Waals surface area contributed by atoms with Crippen molar-refractivity contribution < 1.29 is 19.8 Å². The molecule has 3 rings (SSSR count). The first-order valence-electron chi connectivity index (χ1n) is 12.2. The van der Waals surface area contributed by atoms with Crippen LogP contribution in [0.5, 0.6) is 0 Å². The molecule has 0 aliphatic rings. The maximum atomic E-state index is 10.5. The Bertz CT molecular complexity index is 910. The van der Waals surface area contributed by atoms with Gasteiger partial charge in [0.1, 0.15) is 0 Å². The predicted molar refractivity (Wildman–Crippen MR) is 138 cm³/mol. The van der Waals surface area contributed by atoms with E-state index >= 15 is 0 Å². The maximum absolute atomic E-state index is 10.5. The number of carboxylic acid groups (broad SMARTS) is 2. The van der Waals surface area contributed by atoms with Crippen molar-refractivity contribution in [3.8, 4) is 0 Å². The smallest absolute Gasteiger partial charge is 0.336 e. The molecule has 3 aromatic carbocycles. The second-order valence-corrected chi connectivity index (χ2v) is 8.44. The molecule has 0 unspecified atom stereocenters. The van der Waals surface area contributed by atoms with Crippen molar-refractivity contribution in [2.75, 3.05) is 0 Å². The minimum absolute atomic E-state index is 0.190. The van der Waals surface area contributed by atoms with Gasteiger partial charge in [-0.2, -0.15) is 0 Å². The van der Waals surface area contributed by atoms with Crippen LogP contribution in [0.25, 0.3) is 0 Å². The molecule has 0 spiro atoms. The van der Waals surface area contributed by atoms with Crippen LogP contribution < -0.4 is 0 Å². The van der Waals surface area contributed by atoms with Gasteiger partial charge in [0.2, 0.25) is 0 Å². The van der Waals surface area contributed by atoms with Gasteiger partial charge >= 0.3 is 11.9 Å². The fourth-order valence-electron chi connectivity index (χ4n) is 4.06. The van der Waals surface area contributed by atoms with Gasteiger partial charge in [-0.05, 0) is 29.7 Å². The van der Waals surface area contributed by atoms with Crippen LogP contribution in [0.1, 0.15) is 96.1 Å². The number of carboxylic acids is 2. The van der Waals surface area contributed by atoms with Crippen LogP contribution in [0.3, 0.4) is 0 Å². The van der Waals surface area contributed by atoms with Crippen LogP contribution in [0.4, 0.5) is 0 Å². The van der Waals surface area contributed by atoms with Crippen LogP contribution in [0.2, 0.25) is 0 Å². The van der Waals surface area contributed by atoms with Crippen LogP contribution in [0, 0.1) is 0 Å². The second kappa shape index (κ2) is 15.4. The molecule has 0 fully saturated rings. The molecule has 0 bridgehead atoms. The van der Waals surface area contributed by atoms with Gasteiger partial charge in [0.25, 0.3) is 0 Å². The van der Waals surface area contributed by atoms with Gasteiger partial charge in [-0.3, -0.25) is 0 Å². The number of hydrogen-bond acceptors (Lipinski definition) is 2. The first kappa shape index (κ1) is 26.8. The summed E-state index contributed by atoms with van der Waals surface area (Å²) in [5.74, 6) is -1.90. The Hall–Kier alpha value is -3.40. The van der Waals surface area contributed by atoms with E-state index in [-0.39, 0.29) is 11.1 Å². The quantitative estimate of drug-likeness (QED) is 0.268. The van der Waals surface area contributed by atoms with E-state index in [9.17, 15) is 9.59 Å². The Morgan fingerprint density at radius 1 is 0.588 bits per heavy atom. The Balaban J connectivity index is 0.000000287. The average molecular weight is 461 g/mol. The minimum Gasteiger partial charge on any atom is -0.478 e. The zero-order chi connectivity index (χ0) is 24.6. The highest BCUT2D eigenvalue weighted by Gasteiger charge is 2.14. The molecule has 0 aliphatic carbocycles. The third kappa shape index (κ3) is 9.22. The summed E-state index contributed by atoms with van der Waals surface area (Å²) in [5.41, 5.74) is 2.54. The normalized spacial score (nSPS) is 10.4. The van der Waals surface area contributed by atoms with E-state index < -0.39 is 11.9 Å². The van der Waals surface area contributed by atoms with E-state index in [1.165, 1.54) is 86.8 Å². The number of benzene rings is 3. The van der Waals surface area contributed by atoms with Gasteiger partial charge in [-0.1, -0.05) is 125 Å². The number of carbonyl (C=O) groups is 2. The lowest BCUT2D eigenvalue weighted by Gasteiger charge is -2.18. The van der Waals surface area contributed by atoms with Gasteiger partial charge in [0.15, 0.2) is 0 Å². The zero-order valence-electron chi connectivity index (χ0n) is 20.0. The number of hydrogen-bond donors (Lipinski definition) is 2. The highest BCUT2D eigenvalue weighted by Crippen LogP contribution is 2.30. The van der Waals surface area contributed by atoms with Crippen molar-refractivity contribution in [2.45, 2.75) is 64.2 Å². The molecule has 0 aromatic heterocycles. The summed E-state index contributed by atoms with van der Waals surface area (Å²) in [4.78, 5) is 20.9. The molecule has 0 saturated carbocycles. The Morgan fingerprint density at radius 2 is 0.971 bits per heavy atom. The van der Waals surface area contributed by atoms with Crippen LogP contribution >= 0.6 is 0 Å².